The van der Waals surface area contributed by atoms with Crippen molar-refractivity contribution in [2.75, 3.05) is 138 Å². The number of urea groups is 1. The number of carbonyl (C=O) groups excluding carboxylic acids is 2. The molecule has 2 aromatic heterocycles. The summed E-state index contributed by atoms with van der Waals surface area (Å²) in [6, 6.07) is 29.0. The number of nitrogen functional groups attached to an aromatic ring is 1. The first kappa shape index (κ1) is 63.1. The number of rotatable bonds is 34. The topological polar surface area (TPSA) is 229 Å². The van der Waals surface area contributed by atoms with Crippen LogP contribution in [0, 0.1) is 11.6 Å². The van der Waals surface area contributed by atoms with Crippen LogP contribution >= 0.6 is 11.8 Å². The molecule has 6 aromatic rings. The fourth-order valence-corrected chi connectivity index (χ4v) is 10.8. The molecule has 21 nitrogen and oxygen atoms in total. The van der Waals surface area contributed by atoms with Crippen molar-refractivity contribution < 1.29 is 56.4 Å². The number of anilines is 1. The highest BCUT2D eigenvalue weighted by atomic mass is 32.2. The lowest BCUT2D eigenvalue weighted by molar-refractivity contribution is -0.127. The van der Waals surface area contributed by atoms with Gasteiger partial charge in [-0.15, -0.1) is 0 Å². The van der Waals surface area contributed by atoms with Gasteiger partial charge in [-0.2, -0.15) is 15.2 Å². The third kappa shape index (κ3) is 17.8. The number of hydrazone groups is 1. The fraction of sp³-hybridized carbons (Fsp3) is 0.433. The van der Waals surface area contributed by atoms with E-state index in [1.54, 1.807) is 6.08 Å². The molecular formula is C60H75F2N11O10S. The highest BCUT2D eigenvalue weighted by Gasteiger charge is 2.50. The van der Waals surface area contributed by atoms with Gasteiger partial charge in [-0.3, -0.25) is 9.63 Å². The number of aromatic nitrogens is 4. The standard InChI is InChI=1S/C60H75F2N11O10S/c1-69(26-10-17-53(74)71-27-9-14-48(43-71)72-57-54(56(64)65-44-66-57)55(67-72)45-18-21-50(22-19-45)83-49-15-7-4-8-16-49)28-29-76-30-31-77-32-33-78-34-35-79-36-37-80-38-39-81-40-41-82-70(2)59(75)73-60(24-11-25-63,46-12-5-3-6-13-46)84-58(68-73)51-42-47(61)20-23-52(51)62/h3-8,10,12-13,15-23,42,44,48H,9,11,14,24-41,43,63H2,1-2H3,(H2,64,65,66)/b17-10+/t48-,60?/m1/s1. The number of nitrogens with zero attached hydrogens (tertiary/aromatic N) is 9. The summed E-state index contributed by atoms with van der Waals surface area (Å²) in [6.07, 6.45) is 7.57. The number of benzene rings is 4. The molecule has 0 aliphatic carbocycles. The van der Waals surface area contributed by atoms with Gasteiger partial charge in [-0.25, -0.2) is 33.3 Å². The molecule has 2 aliphatic rings. The second kappa shape index (κ2) is 32.9. The summed E-state index contributed by atoms with van der Waals surface area (Å²) < 4.78 is 70.9. The van der Waals surface area contributed by atoms with Gasteiger partial charge in [0.05, 0.1) is 97.3 Å². The first-order valence-corrected chi connectivity index (χ1v) is 29.0. The van der Waals surface area contributed by atoms with Crippen molar-refractivity contribution >= 4 is 45.6 Å². The molecule has 2 aliphatic heterocycles. The molecule has 0 saturated carbocycles. The molecule has 1 fully saturated rings. The molecule has 0 radical (unpaired) electrons. The Morgan fingerprint density at radius 3 is 2.05 bits per heavy atom. The van der Waals surface area contributed by atoms with E-state index in [2.05, 4.69) is 20.0 Å². The number of hydrogen-bond donors (Lipinski definition) is 2. The third-order valence-electron chi connectivity index (χ3n) is 13.7. The Kier molecular flexibility index (Phi) is 24.7. The molecular weight excluding hydrogens is 1100 g/mol. The summed E-state index contributed by atoms with van der Waals surface area (Å²) in [7, 11) is 3.44. The van der Waals surface area contributed by atoms with Gasteiger partial charge in [0.1, 0.15) is 50.9 Å². The summed E-state index contributed by atoms with van der Waals surface area (Å²) in [5.74, 6) is 0.466. The Labute approximate surface area is 492 Å². The third-order valence-corrected chi connectivity index (χ3v) is 15.1. The summed E-state index contributed by atoms with van der Waals surface area (Å²) in [5, 5.41) is 12.7. The minimum absolute atomic E-state index is 0.0456. The van der Waals surface area contributed by atoms with E-state index in [1.807, 2.05) is 108 Å². The van der Waals surface area contributed by atoms with Crippen molar-refractivity contribution in [1.29, 1.82) is 0 Å². The number of para-hydroxylation sites is 1. The zero-order chi connectivity index (χ0) is 58.9. The van der Waals surface area contributed by atoms with Gasteiger partial charge < -0.3 is 54.4 Å². The van der Waals surface area contributed by atoms with Crippen molar-refractivity contribution in [2.24, 2.45) is 10.8 Å². The van der Waals surface area contributed by atoms with E-state index in [0.717, 1.165) is 53.0 Å². The van der Waals surface area contributed by atoms with E-state index < -0.39 is 22.5 Å². The minimum atomic E-state index is -1.09. The number of fused-ring (bicyclic) bond motifs is 1. The number of carbonyl (C=O) groups is 2. The lowest BCUT2D eigenvalue weighted by atomic mass is 10.0. The van der Waals surface area contributed by atoms with Crippen LogP contribution in [0.15, 0.2) is 127 Å². The lowest BCUT2D eigenvalue weighted by Gasteiger charge is -2.37. The van der Waals surface area contributed by atoms with E-state index in [0.29, 0.717) is 147 Å². The van der Waals surface area contributed by atoms with Crippen LogP contribution in [0.5, 0.6) is 11.5 Å². The number of thioether (sulfide) groups is 1. The predicted molar refractivity (Wildman–Crippen MR) is 316 cm³/mol. The number of piperidine rings is 1. The summed E-state index contributed by atoms with van der Waals surface area (Å²) >= 11 is 1.17. The molecule has 4 heterocycles. The number of likely N-dealkylation sites (N-methyl/N-ethyl adjacent to an activating group) is 1. The average Bonchev–Trinajstić information content (AvgIpc) is 2.24. The van der Waals surface area contributed by atoms with Crippen molar-refractivity contribution in [2.45, 2.75) is 36.6 Å². The zero-order valence-corrected chi connectivity index (χ0v) is 48.4. The highest BCUT2D eigenvalue weighted by molar-refractivity contribution is 8.15. The molecule has 24 heteroatoms. The molecule has 1 saturated heterocycles. The maximum absolute atomic E-state index is 15.0. The van der Waals surface area contributed by atoms with Crippen LogP contribution in [0.1, 0.15) is 42.9 Å². The predicted octanol–water partition coefficient (Wildman–Crippen LogP) is 7.88. The van der Waals surface area contributed by atoms with E-state index in [-0.39, 0.29) is 35.8 Å². The largest absolute Gasteiger partial charge is 0.457 e. The number of ether oxygens (including phenoxy) is 7. The summed E-state index contributed by atoms with van der Waals surface area (Å²) in [5.41, 5.74) is 15.2. The van der Waals surface area contributed by atoms with Gasteiger partial charge in [-0.05, 0) is 99.4 Å². The number of likely N-dealkylation sites (tertiary alicyclic amines) is 1. The van der Waals surface area contributed by atoms with Gasteiger partial charge in [0.15, 0.2) is 5.65 Å². The van der Waals surface area contributed by atoms with Crippen molar-refractivity contribution in [3.8, 4) is 22.8 Å². The van der Waals surface area contributed by atoms with Crippen LogP contribution in [-0.2, 0) is 42.9 Å². The van der Waals surface area contributed by atoms with Crippen LogP contribution in [0.4, 0.5) is 19.4 Å². The smallest absolute Gasteiger partial charge is 0.365 e. The van der Waals surface area contributed by atoms with Gasteiger partial charge in [0, 0.05) is 50.4 Å². The van der Waals surface area contributed by atoms with Crippen molar-refractivity contribution in [3.63, 3.8) is 0 Å². The first-order valence-electron chi connectivity index (χ1n) is 28.2. The quantitative estimate of drug-likeness (QED) is 0.0222. The normalized spacial score (nSPS) is 16.3. The molecule has 2 atom stereocenters. The number of nitrogens with two attached hydrogens (primary N) is 2. The van der Waals surface area contributed by atoms with Crippen LogP contribution in [0.25, 0.3) is 22.3 Å². The van der Waals surface area contributed by atoms with Gasteiger partial charge in [0.25, 0.3) is 0 Å². The monoisotopic (exact) mass is 1180 g/mol. The zero-order valence-electron chi connectivity index (χ0n) is 47.6. The van der Waals surface area contributed by atoms with Crippen molar-refractivity contribution in [3.05, 3.63) is 144 Å². The van der Waals surface area contributed by atoms with E-state index in [4.69, 9.17) is 54.6 Å². The molecule has 1 unspecified atom stereocenters. The van der Waals surface area contributed by atoms with Gasteiger partial charge in [-0.1, -0.05) is 66.4 Å². The SMILES string of the molecule is CN(C/C=C/C(=O)N1CCC[C@@H](n2nc(-c3ccc(Oc4ccccc4)cc3)c3c(N)ncnc32)C1)CCOCCOCCOCCOCCOCCOCCON(C)C(=O)N1N=C(c2cc(F)ccc2F)SC1(CCCN)c1ccccc1. The Hall–Kier alpha value is -6.97. The number of amides is 3. The van der Waals surface area contributed by atoms with Gasteiger partial charge in [0.2, 0.25) is 5.91 Å². The number of hydroxylamine groups is 2. The highest BCUT2D eigenvalue weighted by Crippen LogP contribution is 2.51. The number of hydrogen-bond acceptors (Lipinski definition) is 18. The maximum atomic E-state index is 15.0. The summed E-state index contributed by atoms with van der Waals surface area (Å²) in [6.45, 7) is 7.52. The number of halogens is 2. The van der Waals surface area contributed by atoms with Crippen LogP contribution in [0.2, 0.25) is 0 Å². The second-order valence-electron chi connectivity index (χ2n) is 19.7. The molecule has 4 aromatic carbocycles. The van der Waals surface area contributed by atoms with Crippen LogP contribution in [-0.4, -0.2) is 189 Å². The fourth-order valence-electron chi connectivity index (χ4n) is 9.37. The van der Waals surface area contributed by atoms with Gasteiger partial charge >= 0.3 is 6.03 Å². The Morgan fingerprint density at radius 1 is 0.774 bits per heavy atom. The molecule has 84 heavy (non-hydrogen) atoms. The van der Waals surface area contributed by atoms with E-state index >= 15 is 0 Å². The maximum Gasteiger partial charge on any atom is 0.365 e. The van der Waals surface area contributed by atoms with E-state index in [1.165, 1.54) is 30.1 Å². The molecule has 450 valence electrons. The minimum Gasteiger partial charge on any atom is -0.457 e. The molecule has 3 amide bonds. The van der Waals surface area contributed by atoms with Crippen LogP contribution < -0.4 is 16.2 Å². The van der Waals surface area contributed by atoms with Crippen molar-refractivity contribution in [1.82, 2.24) is 39.6 Å². The Bertz CT molecular complexity index is 3060. The molecule has 8 rings (SSSR count). The second-order valence-corrected chi connectivity index (χ2v) is 21.0. The molecule has 0 bridgehead atoms. The Morgan fingerprint density at radius 2 is 1.39 bits per heavy atom. The van der Waals surface area contributed by atoms with Crippen LogP contribution in [0.3, 0.4) is 0 Å². The first-order chi connectivity index (χ1) is 41.0. The lowest BCUT2D eigenvalue weighted by Crippen LogP contribution is -2.47. The van der Waals surface area contributed by atoms with E-state index in [9.17, 15) is 18.4 Å². The average molecular weight is 1180 g/mol. The molecule has 0 spiro atoms. The Balaban J connectivity index is 0.617. The molecule has 4 N–H and O–H groups in total. The summed E-state index contributed by atoms with van der Waals surface area (Å²) in [4.78, 5) is 44.7.